The zero-order valence-corrected chi connectivity index (χ0v) is 12.1. The maximum absolute atomic E-state index is 13.5. The predicted octanol–water partition coefficient (Wildman–Crippen LogP) is 3.26. The second-order valence-corrected chi connectivity index (χ2v) is 5.09. The summed E-state index contributed by atoms with van der Waals surface area (Å²) >= 11 is 3.31. The highest BCUT2D eigenvalue weighted by atomic mass is 79.9. The standard InChI is InChI=1S/C14H15BrFN3/c1-2-18-13(12-4-3-5-19-14(12)17)9-6-10(15)8-11(16)7-9/h3-8,13,18H,2H2,1H3,(H2,17,19). The summed E-state index contributed by atoms with van der Waals surface area (Å²) in [5.41, 5.74) is 7.57. The largest absolute Gasteiger partial charge is 0.383 e. The van der Waals surface area contributed by atoms with E-state index in [9.17, 15) is 4.39 Å². The van der Waals surface area contributed by atoms with Crippen molar-refractivity contribution in [1.82, 2.24) is 10.3 Å². The Balaban J connectivity index is 2.48. The Morgan fingerprint density at radius 3 is 2.84 bits per heavy atom. The summed E-state index contributed by atoms with van der Waals surface area (Å²) in [6.45, 7) is 2.74. The fourth-order valence-electron chi connectivity index (χ4n) is 2.03. The molecule has 19 heavy (non-hydrogen) atoms. The third kappa shape index (κ3) is 3.30. The SMILES string of the molecule is CCNC(c1cc(F)cc(Br)c1)c1cccnc1N. The first-order valence-corrected chi connectivity index (χ1v) is 6.81. The summed E-state index contributed by atoms with van der Waals surface area (Å²) in [5, 5.41) is 3.30. The minimum Gasteiger partial charge on any atom is -0.383 e. The lowest BCUT2D eigenvalue weighted by atomic mass is 9.99. The van der Waals surface area contributed by atoms with Gasteiger partial charge in [0.1, 0.15) is 11.6 Å². The van der Waals surface area contributed by atoms with Gasteiger partial charge in [0.2, 0.25) is 0 Å². The molecule has 0 saturated carbocycles. The van der Waals surface area contributed by atoms with Gasteiger partial charge in [-0.25, -0.2) is 9.37 Å². The molecule has 0 amide bonds. The molecular formula is C14H15BrFN3. The number of nitrogen functional groups attached to an aromatic ring is 1. The number of hydrogen-bond donors (Lipinski definition) is 2. The molecule has 0 spiro atoms. The van der Waals surface area contributed by atoms with Crippen molar-refractivity contribution in [2.75, 3.05) is 12.3 Å². The number of nitrogens with zero attached hydrogens (tertiary/aromatic N) is 1. The Hall–Kier alpha value is -1.46. The van der Waals surface area contributed by atoms with Crippen molar-refractivity contribution in [3.05, 3.63) is 57.9 Å². The quantitative estimate of drug-likeness (QED) is 0.908. The number of anilines is 1. The number of benzene rings is 1. The third-order valence-electron chi connectivity index (χ3n) is 2.81. The van der Waals surface area contributed by atoms with E-state index in [4.69, 9.17) is 5.73 Å². The maximum Gasteiger partial charge on any atom is 0.128 e. The molecule has 100 valence electrons. The molecule has 0 fully saturated rings. The van der Waals surface area contributed by atoms with Crippen molar-refractivity contribution in [2.45, 2.75) is 13.0 Å². The smallest absolute Gasteiger partial charge is 0.128 e. The molecule has 1 aromatic carbocycles. The van der Waals surface area contributed by atoms with Gasteiger partial charge in [0.15, 0.2) is 0 Å². The van der Waals surface area contributed by atoms with Gasteiger partial charge in [0, 0.05) is 16.2 Å². The van der Waals surface area contributed by atoms with Crippen LogP contribution < -0.4 is 11.1 Å². The van der Waals surface area contributed by atoms with E-state index >= 15 is 0 Å². The van der Waals surface area contributed by atoms with Gasteiger partial charge in [0.05, 0.1) is 6.04 Å². The maximum atomic E-state index is 13.5. The van der Waals surface area contributed by atoms with Gasteiger partial charge in [-0.3, -0.25) is 0 Å². The van der Waals surface area contributed by atoms with Crippen molar-refractivity contribution in [3.63, 3.8) is 0 Å². The lowest BCUT2D eigenvalue weighted by molar-refractivity contribution is 0.602. The van der Waals surface area contributed by atoms with E-state index in [1.165, 1.54) is 12.1 Å². The highest BCUT2D eigenvalue weighted by molar-refractivity contribution is 9.10. The first-order valence-electron chi connectivity index (χ1n) is 6.01. The van der Waals surface area contributed by atoms with E-state index in [-0.39, 0.29) is 11.9 Å². The average molecular weight is 324 g/mol. The van der Waals surface area contributed by atoms with E-state index in [0.717, 1.165) is 17.7 Å². The van der Waals surface area contributed by atoms with Crippen molar-refractivity contribution in [1.29, 1.82) is 0 Å². The predicted molar refractivity (Wildman–Crippen MR) is 78.3 cm³/mol. The van der Waals surface area contributed by atoms with Crippen molar-refractivity contribution < 1.29 is 4.39 Å². The average Bonchev–Trinajstić information content (AvgIpc) is 2.36. The first kappa shape index (κ1) is 14.0. The molecule has 1 atom stereocenters. The number of nitrogens with two attached hydrogens (primary N) is 1. The zero-order valence-electron chi connectivity index (χ0n) is 10.5. The molecule has 1 unspecified atom stereocenters. The molecule has 5 heteroatoms. The van der Waals surface area contributed by atoms with E-state index in [2.05, 4.69) is 26.2 Å². The number of halogens is 2. The van der Waals surface area contributed by atoms with Crippen LogP contribution in [0.1, 0.15) is 24.1 Å². The number of nitrogens with one attached hydrogen (secondary N) is 1. The highest BCUT2D eigenvalue weighted by Gasteiger charge is 2.17. The van der Waals surface area contributed by atoms with Crippen LogP contribution in [0.2, 0.25) is 0 Å². The molecule has 0 saturated heterocycles. The van der Waals surface area contributed by atoms with E-state index in [0.29, 0.717) is 10.3 Å². The normalized spacial score (nSPS) is 12.4. The third-order valence-corrected chi connectivity index (χ3v) is 3.27. The molecule has 3 nitrogen and oxygen atoms in total. The second-order valence-electron chi connectivity index (χ2n) is 4.17. The van der Waals surface area contributed by atoms with Crippen LogP contribution in [-0.2, 0) is 0 Å². The molecule has 3 N–H and O–H groups in total. The minimum atomic E-state index is -0.283. The summed E-state index contributed by atoms with van der Waals surface area (Å²) in [6, 6.07) is 8.36. The van der Waals surface area contributed by atoms with E-state index in [1.807, 2.05) is 25.1 Å². The highest BCUT2D eigenvalue weighted by Crippen LogP contribution is 2.28. The van der Waals surface area contributed by atoms with Gasteiger partial charge in [-0.2, -0.15) is 0 Å². The van der Waals surface area contributed by atoms with E-state index in [1.54, 1.807) is 6.20 Å². The molecule has 0 radical (unpaired) electrons. The lowest BCUT2D eigenvalue weighted by Crippen LogP contribution is -2.23. The fourth-order valence-corrected chi connectivity index (χ4v) is 2.51. The number of hydrogen-bond acceptors (Lipinski definition) is 3. The Bertz CT molecular complexity index is 554. The van der Waals surface area contributed by atoms with Gasteiger partial charge >= 0.3 is 0 Å². The monoisotopic (exact) mass is 323 g/mol. The Kier molecular flexibility index (Phi) is 4.50. The molecule has 0 aliphatic carbocycles. The Morgan fingerprint density at radius 1 is 1.42 bits per heavy atom. The van der Waals surface area contributed by atoms with Crippen LogP contribution in [0.25, 0.3) is 0 Å². The molecule has 1 aromatic heterocycles. The molecule has 2 aromatic rings. The molecule has 0 aliphatic heterocycles. The number of rotatable bonds is 4. The van der Waals surface area contributed by atoms with Gasteiger partial charge in [-0.15, -0.1) is 0 Å². The number of aromatic nitrogens is 1. The second kappa shape index (κ2) is 6.12. The fraction of sp³-hybridized carbons (Fsp3) is 0.214. The van der Waals surface area contributed by atoms with Crippen LogP contribution in [0.3, 0.4) is 0 Å². The molecular weight excluding hydrogens is 309 g/mol. The Morgan fingerprint density at radius 2 is 2.21 bits per heavy atom. The zero-order chi connectivity index (χ0) is 13.8. The minimum absolute atomic E-state index is 0.175. The van der Waals surface area contributed by atoms with Crippen LogP contribution in [0.5, 0.6) is 0 Å². The van der Waals surface area contributed by atoms with E-state index < -0.39 is 0 Å². The number of pyridine rings is 1. The van der Waals surface area contributed by atoms with Crippen molar-refractivity contribution in [3.8, 4) is 0 Å². The van der Waals surface area contributed by atoms with Crippen LogP contribution in [-0.4, -0.2) is 11.5 Å². The molecule has 0 bridgehead atoms. The van der Waals surface area contributed by atoms with Crippen LogP contribution in [0, 0.1) is 5.82 Å². The van der Waals surface area contributed by atoms with Crippen molar-refractivity contribution >= 4 is 21.7 Å². The Labute approximate surface area is 120 Å². The summed E-state index contributed by atoms with van der Waals surface area (Å²) < 4.78 is 14.2. The van der Waals surface area contributed by atoms with Gasteiger partial charge in [-0.1, -0.05) is 28.9 Å². The van der Waals surface area contributed by atoms with Gasteiger partial charge in [0.25, 0.3) is 0 Å². The first-order chi connectivity index (χ1) is 9.11. The summed E-state index contributed by atoms with van der Waals surface area (Å²) in [5.74, 6) is 0.170. The van der Waals surface area contributed by atoms with Crippen LogP contribution in [0.4, 0.5) is 10.2 Å². The van der Waals surface area contributed by atoms with Crippen molar-refractivity contribution in [2.24, 2.45) is 0 Å². The molecule has 2 rings (SSSR count). The molecule has 0 aliphatic rings. The molecule has 1 heterocycles. The van der Waals surface area contributed by atoms with Gasteiger partial charge in [-0.05, 0) is 36.4 Å². The van der Waals surface area contributed by atoms with Gasteiger partial charge < -0.3 is 11.1 Å². The summed E-state index contributed by atoms with van der Waals surface area (Å²) in [4.78, 5) is 4.08. The summed E-state index contributed by atoms with van der Waals surface area (Å²) in [7, 11) is 0. The lowest BCUT2D eigenvalue weighted by Gasteiger charge is -2.20. The van der Waals surface area contributed by atoms with Crippen LogP contribution >= 0.6 is 15.9 Å². The summed E-state index contributed by atoms with van der Waals surface area (Å²) in [6.07, 6.45) is 1.64. The topological polar surface area (TPSA) is 50.9 Å². The van der Waals surface area contributed by atoms with Crippen LogP contribution in [0.15, 0.2) is 41.0 Å².